The van der Waals surface area contributed by atoms with Crippen molar-refractivity contribution in [3.63, 3.8) is 0 Å². The minimum Gasteiger partial charge on any atom is -0.351 e. The van der Waals surface area contributed by atoms with Crippen molar-refractivity contribution in [2.24, 2.45) is 23.5 Å². The van der Waals surface area contributed by atoms with Crippen LogP contribution in [0.25, 0.3) is 10.2 Å². The van der Waals surface area contributed by atoms with Crippen LogP contribution >= 0.6 is 23.1 Å². The van der Waals surface area contributed by atoms with Gasteiger partial charge in [0.1, 0.15) is 4.83 Å². The van der Waals surface area contributed by atoms with Crippen molar-refractivity contribution < 1.29 is 9.59 Å². The Morgan fingerprint density at radius 3 is 2.63 bits per heavy atom. The number of nitrogens with one attached hydrogen (secondary N) is 1. The Balaban J connectivity index is 2.11. The summed E-state index contributed by atoms with van der Waals surface area (Å²) < 4.78 is 1.70. The van der Waals surface area contributed by atoms with Crippen LogP contribution in [0.15, 0.2) is 9.95 Å². The average molecular weight is 451 g/mol. The van der Waals surface area contributed by atoms with Gasteiger partial charge in [-0.1, -0.05) is 46.4 Å². The molecule has 7 nitrogen and oxygen atoms in total. The quantitative estimate of drug-likeness (QED) is 0.517. The van der Waals surface area contributed by atoms with Gasteiger partial charge in [0, 0.05) is 11.4 Å². The Hall–Kier alpha value is -1.87. The van der Waals surface area contributed by atoms with Gasteiger partial charge in [0.2, 0.25) is 5.91 Å². The molecule has 0 bridgehead atoms. The molecule has 0 aliphatic heterocycles. The number of imide groups is 1. The van der Waals surface area contributed by atoms with Crippen molar-refractivity contribution in [2.45, 2.75) is 70.8 Å². The maximum atomic E-state index is 13.5. The molecule has 0 saturated carbocycles. The number of aryl methyl sites for hydroxylation is 1. The summed E-state index contributed by atoms with van der Waals surface area (Å²) in [4.78, 5) is 44.1. The number of hydrogen-bond donors (Lipinski definition) is 2. The molecule has 1 aliphatic rings. The SMILES string of the molecule is CC(C)Cn1c(SC(C(=O)NC(N)=O)C(C)C)nc2sc3c(c2c1=O)CCC(C)C3. The third-order valence-electron chi connectivity index (χ3n) is 5.27. The highest BCUT2D eigenvalue weighted by Crippen LogP contribution is 2.37. The number of thiophene rings is 1. The van der Waals surface area contributed by atoms with E-state index in [9.17, 15) is 14.4 Å². The predicted octanol–water partition coefficient (Wildman–Crippen LogP) is 3.55. The van der Waals surface area contributed by atoms with Gasteiger partial charge in [0.25, 0.3) is 5.56 Å². The van der Waals surface area contributed by atoms with E-state index in [4.69, 9.17) is 10.7 Å². The van der Waals surface area contributed by atoms with E-state index in [2.05, 4.69) is 26.1 Å². The molecule has 0 radical (unpaired) electrons. The maximum Gasteiger partial charge on any atom is 0.318 e. The molecule has 164 valence electrons. The molecule has 2 aromatic heterocycles. The summed E-state index contributed by atoms with van der Waals surface area (Å²) in [6.45, 7) is 10.7. The summed E-state index contributed by atoms with van der Waals surface area (Å²) >= 11 is 2.83. The van der Waals surface area contributed by atoms with Crippen molar-refractivity contribution in [1.29, 1.82) is 0 Å². The Morgan fingerprint density at radius 2 is 2.03 bits per heavy atom. The summed E-state index contributed by atoms with van der Waals surface area (Å²) in [5.41, 5.74) is 6.27. The van der Waals surface area contributed by atoms with Gasteiger partial charge in [0.15, 0.2) is 5.16 Å². The Morgan fingerprint density at radius 1 is 1.33 bits per heavy atom. The van der Waals surface area contributed by atoms with E-state index in [-0.39, 0.29) is 17.4 Å². The van der Waals surface area contributed by atoms with Gasteiger partial charge in [-0.15, -0.1) is 11.3 Å². The van der Waals surface area contributed by atoms with Crippen LogP contribution in [0.1, 0.15) is 51.5 Å². The zero-order valence-corrected chi connectivity index (χ0v) is 19.8. The predicted molar refractivity (Wildman–Crippen MR) is 122 cm³/mol. The van der Waals surface area contributed by atoms with Crippen molar-refractivity contribution in [1.82, 2.24) is 14.9 Å². The second kappa shape index (κ2) is 9.09. The van der Waals surface area contributed by atoms with Crippen molar-refractivity contribution in [3.8, 4) is 0 Å². The zero-order valence-electron chi connectivity index (χ0n) is 18.2. The fourth-order valence-electron chi connectivity index (χ4n) is 3.82. The number of thioether (sulfide) groups is 1. The lowest BCUT2D eigenvalue weighted by atomic mass is 9.89. The number of fused-ring (bicyclic) bond motifs is 3. The Bertz CT molecular complexity index is 1030. The zero-order chi connectivity index (χ0) is 22.2. The van der Waals surface area contributed by atoms with Gasteiger partial charge < -0.3 is 5.73 Å². The van der Waals surface area contributed by atoms with E-state index in [0.29, 0.717) is 17.6 Å². The van der Waals surface area contributed by atoms with Crippen molar-refractivity contribution >= 4 is 45.3 Å². The van der Waals surface area contributed by atoms with E-state index in [1.807, 2.05) is 13.8 Å². The summed E-state index contributed by atoms with van der Waals surface area (Å²) in [6.07, 6.45) is 2.98. The monoisotopic (exact) mass is 450 g/mol. The number of aromatic nitrogens is 2. The van der Waals surface area contributed by atoms with Gasteiger partial charge in [0.05, 0.1) is 10.6 Å². The van der Waals surface area contributed by atoms with Gasteiger partial charge in [-0.3, -0.25) is 19.5 Å². The third-order valence-corrected chi connectivity index (χ3v) is 7.95. The lowest BCUT2D eigenvalue weighted by Crippen LogP contribution is -2.42. The molecular formula is C21H30N4O3S2. The minimum atomic E-state index is -0.880. The van der Waals surface area contributed by atoms with Gasteiger partial charge in [-0.05, 0) is 42.6 Å². The first-order chi connectivity index (χ1) is 14.1. The van der Waals surface area contributed by atoms with Gasteiger partial charge >= 0.3 is 6.03 Å². The molecule has 0 saturated heterocycles. The Labute approximate surface area is 184 Å². The van der Waals surface area contributed by atoms with Gasteiger partial charge in [-0.25, -0.2) is 9.78 Å². The molecule has 30 heavy (non-hydrogen) atoms. The van der Waals surface area contributed by atoms with E-state index in [1.54, 1.807) is 15.9 Å². The molecule has 0 fully saturated rings. The number of carbonyl (C=O) groups is 2. The summed E-state index contributed by atoms with van der Waals surface area (Å²) in [6, 6.07) is -0.880. The van der Waals surface area contributed by atoms with Gasteiger partial charge in [-0.2, -0.15) is 0 Å². The molecule has 1 aliphatic carbocycles. The number of carbonyl (C=O) groups excluding carboxylic acids is 2. The van der Waals surface area contributed by atoms with E-state index < -0.39 is 17.2 Å². The number of hydrogen-bond acceptors (Lipinski definition) is 6. The highest BCUT2D eigenvalue weighted by Gasteiger charge is 2.29. The van der Waals surface area contributed by atoms with Crippen LogP contribution in [0, 0.1) is 17.8 Å². The lowest BCUT2D eigenvalue weighted by Gasteiger charge is -2.21. The largest absolute Gasteiger partial charge is 0.351 e. The fraction of sp³-hybridized carbons (Fsp3) is 0.619. The lowest BCUT2D eigenvalue weighted by molar-refractivity contribution is -0.120. The summed E-state index contributed by atoms with van der Waals surface area (Å²) in [7, 11) is 0. The topological polar surface area (TPSA) is 107 Å². The first-order valence-corrected chi connectivity index (χ1v) is 12.1. The number of nitrogens with zero attached hydrogens (tertiary/aromatic N) is 2. The molecule has 2 unspecified atom stereocenters. The average Bonchev–Trinajstić information content (AvgIpc) is 2.98. The van der Waals surface area contributed by atoms with Crippen LogP contribution in [0.4, 0.5) is 4.79 Å². The van der Waals surface area contributed by atoms with Crippen LogP contribution in [0.3, 0.4) is 0 Å². The minimum absolute atomic E-state index is 0.0268. The first-order valence-electron chi connectivity index (χ1n) is 10.4. The standard InChI is InChI=1S/C21H30N4O3S2/c1-10(2)9-25-19(27)15-13-7-6-12(5)8-14(13)29-18(15)24-21(25)30-16(11(3)4)17(26)23-20(22)28/h10-12,16H,6-9H2,1-5H3,(H3,22,23,26,28). The van der Waals surface area contributed by atoms with E-state index in [0.717, 1.165) is 35.0 Å². The molecule has 3 N–H and O–H groups in total. The number of urea groups is 1. The third kappa shape index (κ3) is 4.72. The highest BCUT2D eigenvalue weighted by atomic mass is 32.2. The number of nitrogens with two attached hydrogens (primary N) is 1. The maximum absolute atomic E-state index is 13.5. The second-order valence-electron chi connectivity index (χ2n) is 8.87. The van der Waals surface area contributed by atoms with Crippen LogP contribution in [0.5, 0.6) is 0 Å². The molecule has 3 rings (SSSR count). The molecule has 0 aromatic carbocycles. The van der Waals surface area contributed by atoms with Crippen LogP contribution in [0.2, 0.25) is 0 Å². The van der Waals surface area contributed by atoms with Crippen LogP contribution in [-0.2, 0) is 24.2 Å². The summed E-state index contributed by atoms with van der Waals surface area (Å²) in [5, 5.41) is 2.84. The van der Waals surface area contributed by atoms with E-state index >= 15 is 0 Å². The molecule has 9 heteroatoms. The summed E-state index contributed by atoms with van der Waals surface area (Å²) in [5.74, 6) is 0.312. The number of rotatable bonds is 6. The number of primary amides is 1. The molecular weight excluding hydrogens is 420 g/mol. The highest BCUT2D eigenvalue weighted by molar-refractivity contribution is 8.00. The molecule has 2 atom stereocenters. The van der Waals surface area contributed by atoms with Crippen molar-refractivity contribution in [3.05, 3.63) is 20.8 Å². The molecule has 0 spiro atoms. The molecule has 2 aromatic rings. The van der Waals surface area contributed by atoms with Crippen LogP contribution in [-0.4, -0.2) is 26.7 Å². The second-order valence-corrected chi connectivity index (χ2v) is 11.1. The molecule has 2 heterocycles. The van der Waals surface area contributed by atoms with Crippen molar-refractivity contribution in [2.75, 3.05) is 0 Å². The molecule has 3 amide bonds. The first kappa shape index (κ1) is 22.8. The number of amides is 3. The van der Waals surface area contributed by atoms with E-state index in [1.165, 1.54) is 16.6 Å². The smallest absolute Gasteiger partial charge is 0.318 e. The Kier molecular flexibility index (Phi) is 6.91. The fourth-order valence-corrected chi connectivity index (χ4v) is 6.34. The normalized spacial score (nSPS) is 17.4. The van der Waals surface area contributed by atoms with Crippen LogP contribution < -0.4 is 16.6 Å².